The molecule has 0 spiro atoms. The van der Waals surface area contributed by atoms with E-state index in [0.29, 0.717) is 25.2 Å². The SMILES string of the molecule is CCC[C@]1(CO)CCN(C(=O)c2c3c(nn2C)CCCC3)C[C@H]1O. The van der Waals surface area contributed by atoms with Gasteiger partial charge in [-0.25, -0.2) is 0 Å². The Balaban J connectivity index is 1.79. The maximum absolute atomic E-state index is 13.0. The molecule has 1 amide bonds. The fraction of sp³-hybridized carbons (Fsp3) is 0.778. The van der Waals surface area contributed by atoms with Gasteiger partial charge in [-0.1, -0.05) is 13.3 Å². The first kappa shape index (κ1) is 17.4. The van der Waals surface area contributed by atoms with Crippen molar-refractivity contribution in [3.8, 4) is 0 Å². The molecule has 1 aliphatic heterocycles. The Labute approximate surface area is 143 Å². The van der Waals surface area contributed by atoms with Crippen LogP contribution in [0, 0.1) is 5.41 Å². The van der Waals surface area contributed by atoms with E-state index in [1.54, 1.807) is 9.58 Å². The molecule has 1 aliphatic carbocycles. The van der Waals surface area contributed by atoms with Crippen molar-refractivity contribution in [3.05, 3.63) is 17.0 Å². The van der Waals surface area contributed by atoms with Gasteiger partial charge in [-0.2, -0.15) is 5.10 Å². The van der Waals surface area contributed by atoms with Gasteiger partial charge in [0.25, 0.3) is 5.91 Å². The summed E-state index contributed by atoms with van der Waals surface area (Å²) in [6.07, 6.45) is 5.77. The number of carbonyl (C=O) groups is 1. The molecule has 24 heavy (non-hydrogen) atoms. The van der Waals surface area contributed by atoms with Gasteiger partial charge in [-0.15, -0.1) is 0 Å². The van der Waals surface area contributed by atoms with E-state index in [2.05, 4.69) is 12.0 Å². The second-order valence-corrected chi connectivity index (χ2v) is 7.39. The van der Waals surface area contributed by atoms with Crippen LogP contribution in [0.2, 0.25) is 0 Å². The number of hydrogen-bond donors (Lipinski definition) is 2. The van der Waals surface area contributed by atoms with E-state index < -0.39 is 11.5 Å². The van der Waals surface area contributed by atoms with Crippen molar-refractivity contribution in [1.29, 1.82) is 0 Å². The van der Waals surface area contributed by atoms with Crippen LogP contribution in [-0.2, 0) is 19.9 Å². The molecule has 1 fully saturated rings. The molecule has 0 radical (unpaired) electrons. The Hall–Kier alpha value is -1.40. The van der Waals surface area contributed by atoms with Gasteiger partial charge in [0.05, 0.1) is 18.4 Å². The van der Waals surface area contributed by atoms with Crippen molar-refractivity contribution in [3.63, 3.8) is 0 Å². The Morgan fingerprint density at radius 3 is 2.79 bits per heavy atom. The first-order valence-corrected chi connectivity index (χ1v) is 9.15. The minimum absolute atomic E-state index is 0.0227. The average Bonchev–Trinajstić information content (AvgIpc) is 2.92. The van der Waals surface area contributed by atoms with Crippen molar-refractivity contribution >= 4 is 5.91 Å². The maximum atomic E-state index is 13.0. The number of aliphatic hydroxyl groups is 2. The van der Waals surface area contributed by atoms with Gasteiger partial charge in [0, 0.05) is 31.1 Å². The molecule has 1 aromatic heterocycles. The van der Waals surface area contributed by atoms with Gasteiger partial charge in [0.1, 0.15) is 5.69 Å². The molecule has 2 N–H and O–H groups in total. The van der Waals surface area contributed by atoms with Gasteiger partial charge in [0.15, 0.2) is 0 Å². The summed E-state index contributed by atoms with van der Waals surface area (Å²) in [5.74, 6) is -0.0322. The molecule has 0 bridgehead atoms. The monoisotopic (exact) mass is 335 g/mol. The zero-order valence-corrected chi connectivity index (χ0v) is 14.8. The van der Waals surface area contributed by atoms with E-state index in [9.17, 15) is 15.0 Å². The summed E-state index contributed by atoms with van der Waals surface area (Å²) in [7, 11) is 1.83. The molecule has 1 saturated heterocycles. The average molecular weight is 335 g/mol. The molecule has 3 rings (SSSR count). The van der Waals surface area contributed by atoms with Crippen LogP contribution in [-0.4, -0.2) is 56.6 Å². The van der Waals surface area contributed by atoms with Crippen LogP contribution in [0.1, 0.15) is 60.8 Å². The number of fused-ring (bicyclic) bond motifs is 1. The molecule has 2 heterocycles. The predicted molar refractivity (Wildman–Crippen MR) is 90.8 cm³/mol. The number of aliphatic hydroxyl groups excluding tert-OH is 2. The van der Waals surface area contributed by atoms with Crippen molar-refractivity contribution < 1.29 is 15.0 Å². The number of rotatable bonds is 4. The third-order valence-electron chi connectivity index (χ3n) is 5.85. The van der Waals surface area contributed by atoms with Crippen LogP contribution >= 0.6 is 0 Å². The van der Waals surface area contributed by atoms with E-state index in [-0.39, 0.29) is 12.5 Å². The fourth-order valence-corrected chi connectivity index (χ4v) is 4.35. The number of aryl methyl sites for hydroxylation is 2. The Morgan fingerprint density at radius 2 is 2.12 bits per heavy atom. The summed E-state index contributed by atoms with van der Waals surface area (Å²) >= 11 is 0. The van der Waals surface area contributed by atoms with Gasteiger partial charge in [-0.3, -0.25) is 9.48 Å². The largest absolute Gasteiger partial charge is 0.396 e. The van der Waals surface area contributed by atoms with Crippen LogP contribution in [0.25, 0.3) is 0 Å². The molecule has 0 aromatic carbocycles. The van der Waals surface area contributed by atoms with Crippen LogP contribution < -0.4 is 0 Å². The summed E-state index contributed by atoms with van der Waals surface area (Å²) < 4.78 is 1.71. The molecule has 1 aromatic rings. The lowest BCUT2D eigenvalue weighted by atomic mass is 9.73. The Morgan fingerprint density at radius 1 is 1.38 bits per heavy atom. The van der Waals surface area contributed by atoms with E-state index in [1.165, 1.54) is 0 Å². The number of nitrogens with zero attached hydrogens (tertiary/aromatic N) is 3. The number of likely N-dealkylation sites (tertiary alicyclic amines) is 1. The lowest BCUT2D eigenvalue weighted by Crippen LogP contribution is -2.54. The molecular formula is C18H29N3O3. The highest BCUT2D eigenvalue weighted by Crippen LogP contribution is 2.36. The second kappa shape index (κ2) is 6.84. The van der Waals surface area contributed by atoms with Crippen LogP contribution in [0.4, 0.5) is 0 Å². The molecule has 0 unspecified atom stereocenters. The van der Waals surface area contributed by atoms with Gasteiger partial charge < -0.3 is 15.1 Å². The third-order valence-corrected chi connectivity index (χ3v) is 5.85. The Bertz CT molecular complexity index is 613. The molecular weight excluding hydrogens is 306 g/mol. The summed E-state index contributed by atoms with van der Waals surface area (Å²) in [5, 5.41) is 24.9. The zero-order chi connectivity index (χ0) is 17.3. The van der Waals surface area contributed by atoms with E-state index in [0.717, 1.165) is 49.8 Å². The number of piperidine rings is 1. The van der Waals surface area contributed by atoms with Gasteiger partial charge in [0.2, 0.25) is 0 Å². The van der Waals surface area contributed by atoms with Crippen LogP contribution in [0.3, 0.4) is 0 Å². The number of carbonyl (C=O) groups excluding carboxylic acids is 1. The number of hydrogen-bond acceptors (Lipinski definition) is 4. The molecule has 6 nitrogen and oxygen atoms in total. The standard InChI is InChI=1S/C18H29N3O3/c1-3-8-18(12-22)9-10-21(11-15(18)23)17(24)16-13-6-4-5-7-14(13)19-20(16)2/h15,22-23H,3-12H2,1-2H3/t15-,18-/m1/s1. The lowest BCUT2D eigenvalue weighted by Gasteiger charge is -2.44. The van der Waals surface area contributed by atoms with Crippen molar-refractivity contribution in [1.82, 2.24) is 14.7 Å². The molecule has 134 valence electrons. The molecule has 2 atom stereocenters. The highest BCUT2D eigenvalue weighted by atomic mass is 16.3. The summed E-state index contributed by atoms with van der Waals surface area (Å²) in [4.78, 5) is 14.8. The molecule has 6 heteroatoms. The summed E-state index contributed by atoms with van der Waals surface area (Å²) in [6.45, 7) is 2.91. The number of amides is 1. The number of aromatic nitrogens is 2. The quantitative estimate of drug-likeness (QED) is 0.869. The third kappa shape index (κ3) is 2.86. The first-order chi connectivity index (χ1) is 11.5. The summed E-state index contributed by atoms with van der Waals surface area (Å²) in [6, 6.07) is 0. The van der Waals surface area contributed by atoms with E-state index in [4.69, 9.17) is 0 Å². The summed E-state index contributed by atoms with van der Waals surface area (Å²) in [5.41, 5.74) is 2.37. The second-order valence-electron chi connectivity index (χ2n) is 7.39. The maximum Gasteiger partial charge on any atom is 0.272 e. The van der Waals surface area contributed by atoms with Crippen molar-refractivity contribution in [2.75, 3.05) is 19.7 Å². The Kier molecular flexibility index (Phi) is 4.97. The van der Waals surface area contributed by atoms with Crippen LogP contribution in [0.5, 0.6) is 0 Å². The fourth-order valence-electron chi connectivity index (χ4n) is 4.35. The lowest BCUT2D eigenvalue weighted by molar-refractivity contribution is -0.0715. The zero-order valence-electron chi connectivity index (χ0n) is 14.8. The van der Waals surface area contributed by atoms with E-state index >= 15 is 0 Å². The molecule has 2 aliphatic rings. The number of β-amino-alcohol motifs (C(OH)–C–C–N with tert-alkyl or cyclic N) is 1. The normalized spacial score (nSPS) is 27.2. The minimum atomic E-state index is -0.677. The molecule has 0 saturated carbocycles. The minimum Gasteiger partial charge on any atom is -0.396 e. The van der Waals surface area contributed by atoms with Crippen LogP contribution in [0.15, 0.2) is 0 Å². The first-order valence-electron chi connectivity index (χ1n) is 9.15. The van der Waals surface area contributed by atoms with Crippen molar-refractivity contribution in [2.24, 2.45) is 12.5 Å². The topological polar surface area (TPSA) is 78.6 Å². The smallest absolute Gasteiger partial charge is 0.272 e. The van der Waals surface area contributed by atoms with Gasteiger partial charge >= 0.3 is 0 Å². The van der Waals surface area contributed by atoms with Gasteiger partial charge in [-0.05, 0) is 38.5 Å². The van der Waals surface area contributed by atoms with E-state index in [1.807, 2.05) is 7.05 Å². The predicted octanol–water partition coefficient (Wildman–Crippen LogP) is 1.28. The van der Waals surface area contributed by atoms with Crippen molar-refractivity contribution in [2.45, 2.75) is 58.0 Å². The highest BCUT2D eigenvalue weighted by molar-refractivity contribution is 5.94. The highest BCUT2D eigenvalue weighted by Gasteiger charge is 2.43.